The van der Waals surface area contributed by atoms with Crippen LogP contribution in [0.25, 0.3) is 0 Å². The van der Waals surface area contributed by atoms with Crippen LogP contribution >= 0.6 is 0 Å². The SMILES string of the molecule is COc1ccc(C(=O)NCc2nc(C3CCNC(=O)C3)no2)c(C)c1. The molecular weight excluding hydrogens is 324 g/mol. The number of piperidine rings is 1. The molecule has 2 heterocycles. The van der Waals surface area contributed by atoms with E-state index < -0.39 is 0 Å². The van der Waals surface area contributed by atoms with Crippen LogP contribution in [-0.4, -0.2) is 35.6 Å². The Morgan fingerprint density at radius 2 is 2.32 bits per heavy atom. The summed E-state index contributed by atoms with van der Waals surface area (Å²) in [4.78, 5) is 28.0. The van der Waals surface area contributed by atoms with E-state index in [1.54, 1.807) is 25.3 Å². The first-order valence-corrected chi connectivity index (χ1v) is 8.09. The number of carbonyl (C=O) groups excluding carboxylic acids is 2. The largest absolute Gasteiger partial charge is 0.497 e. The summed E-state index contributed by atoms with van der Waals surface area (Å²) < 4.78 is 10.3. The minimum atomic E-state index is -0.225. The molecule has 2 N–H and O–H groups in total. The monoisotopic (exact) mass is 344 g/mol. The first kappa shape index (κ1) is 16.9. The highest BCUT2D eigenvalue weighted by Gasteiger charge is 2.25. The fraction of sp³-hybridized carbons (Fsp3) is 0.412. The van der Waals surface area contributed by atoms with E-state index in [-0.39, 0.29) is 24.3 Å². The zero-order valence-corrected chi connectivity index (χ0v) is 14.2. The lowest BCUT2D eigenvalue weighted by molar-refractivity contribution is -0.122. The van der Waals surface area contributed by atoms with Gasteiger partial charge in [-0.1, -0.05) is 5.16 Å². The number of hydrogen-bond acceptors (Lipinski definition) is 6. The predicted octanol–water partition coefficient (Wildman–Crippen LogP) is 1.31. The molecule has 8 nitrogen and oxygen atoms in total. The lowest BCUT2D eigenvalue weighted by Crippen LogP contribution is -2.32. The number of ether oxygens (including phenoxy) is 1. The number of rotatable bonds is 5. The summed E-state index contributed by atoms with van der Waals surface area (Å²) >= 11 is 0. The molecule has 0 radical (unpaired) electrons. The Morgan fingerprint density at radius 1 is 1.48 bits per heavy atom. The van der Waals surface area contributed by atoms with E-state index in [2.05, 4.69) is 20.8 Å². The first-order valence-electron chi connectivity index (χ1n) is 8.09. The van der Waals surface area contributed by atoms with E-state index in [9.17, 15) is 9.59 Å². The molecule has 1 aromatic carbocycles. The van der Waals surface area contributed by atoms with Gasteiger partial charge in [0.1, 0.15) is 5.75 Å². The molecular formula is C17H20N4O4. The van der Waals surface area contributed by atoms with Gasteiger partial charge in [-0.3, -0.25) is 9.59 Å². The molecule has 1 fully saturated rings. The minimum absolute atomic E-state index is 0.00844. The van der Waals surface area contributed by atoms with E-state index in [4.69, 9.17) is 9.26 Å². The highest BCUT2D eigenvalue weighted by atomic mass is 16.5. The summed E-state index contributed by atoms with van der Waals surface area (Å²) in [5, 5.41) is 9.46. The van der Waals surface area contributed by atoms with Crippen molar-refractivity contribution >= 4 is 11.8 Å². The fourth-order valence-electron chi connectivity index (χ4n) is 2.78. The Bertz CT molecular complexity index is 787. The molecule has 1 atom stereocenters. The van der Waals surface area contributed by atoms with Gasteiger partial charge in [-0.05, 0) is 37.1 Å². The van der Waals surface area contributed by atoms with Gasteiger partial charge in [0.2, 0.25) is 11.8 Å². The van der Waals surface area contributed by atoms with E-state index in [1.165, 1.54) is 0 Å². The van der Waals surface area contributed by atoms with Gasteiger partial charge in [0, 0.05) is 24.4 Å². The van der Waals surface area contributed by atoms with E-state index in [0.29, 0.717) is 36.0 Å². The summed E-state index contributed by atoms with van der Waals surface area (Å²) in [5.41, 5.74) is 1.38. The van der Waals surface area contributed by atoms with Crippen LogP contribution in [0.3, 0.4) is 0 Å². The van der Waals surface area contributed by atoms with Gasteiger partial charge in [0.15, 0.2) is 5.82 Å². The predicted molar refractivity (Wildman–Crippen MR) is 88.2 cm³/mol. The number of hydrogen-bond donors (Lipinski definition) is 2. The van der Waals surface area contributed by atoms with Crippen molar-refractivity contribution in [3.8, 4) is 5.75 Å². The van der Waals surface area contributed by atoms with Crippen LogP contribution in [0.1, 0.15) is 46.4 Å². The zero-order valence-electron chi connectivity index (χ0n) is 14.2. The second-order valence-corrected chi connectivity index (χ2v) is 5.95. The molecule has 0 aliphatic carbocycles. The number of carbonyl (C=O) groups is 2. The zero-order chi connectivity index (χ0) is 17.8. The number of methoxy groups -OCH3 is 1. The fourth-order valence-corrected chi connectivity index (χ4v) is 2.78. The highest BCUT2D eigenvalue weighted by molar-refractivity contribution is 5.95. The molecule has 1 saturated heterocycles. The second kappa shape index (κ2) is 7.33. The third-order valence-electron chi connectivity index (χ3n) is 4.17. The lowest BCUT2D eigenvalue weighted by atomic mass is 9.97. The Labute approximate surface area is 144 Å². The van der Waals surface area contributed by atoms with Crippen molar-refractivity contribution in [3.63, 3.8) is 0 Å². The molecule has 3 rings (SSSR count). The second-order valence-electron chi connectivity index (χ2n) is 5.95. The van der Waals surface area contributed by atoms with E-state index >= 15 is 0 Å². The number of aromatic nitrogens is 2. The van der Waals surface area contributed by atoms with Crippen LogP contribution in [-0.2, 0) is 11.3 Å². The number of nitrogens with zero attached hydrogens (tertiary/aromatic N) is 2. The van der Waals surface area contributed by atoms with Crippen LogP contribution in [0.5, 0.6) is 5.75 Å². The summed E-state index contributed by atoms with van der Waals surface area (Å²) in [6.07, 6.45) is 1.14. The molecule has 132 valence electrons. The standard InChI is InChI=1S/C17H20N4O4/c1-10-7-12(24-2)3-4-13(10)17(23)19-9-15-20-16(21-25-15)11-5-6-18-14(22)8-11/h3-4,7,11H,5-6,8-9H2,1-2H3,(H,18,22)(H,19,23). The third kappa shape index (κ3) is 3.96. The van der Waals surface area contributed by atoms with Gasteiger partial charge >= 0.3 is 0 Å². The molecule has 8 heteroatoms. The number of amides is 2. The average molecular weight is 344 g/mol. The summed E-state index contributed by atoms with van der Waals surface area (Å²) in [6.45, 7) is 2.59. The molecule has 0 spiro atoms. The van der Waals surface area contributed by atoms with Crippen molar-refractivity contribution in [2.24, 2.45) is 0 Å². The Morgan fingerprint density at radius 3 is 3.04 bits per heavy atom. The van der Waals surface area contributed by atoms with Crippen molar-refractivity contribution in [2.45, 2.75) is 32.2 Å². The highest BCUT2D eigenvalue weighted by Crippen LogP contribution is 2.23. The van der Waals surface area contributed by atoms with Crippen LogP contribution in [0, 0.1) is 6.92 Å². The van der Waals surface area contributed by atoms with Crippen molar-refractivity contribution in [2.75, 3.05) is 13.7 Å². The Kier molecular flexibility index (Phi) is 4.97. The summed E-state index contributed by atoms with van der Waals surface area (Å²) in [7, 11) is 1.58. The quantitative estimate of drug-likeness (QED) is 0.847. The Hall–Kier alpha value is -2.90. The molecule has 2 aromatic rings. The first-order chi connectivity index (χ1) is 12.1. The summed E-state index contributed by atoms with van der Waals surface area (Å²) in [6, 6.07) is 5.25. The smallest absolute Gasteiger partial charge is 0.251 e. The topological polar surface area (TPSA) is 106 Å². The third-order valence-corrected chi connectivity index (χ3v) is 4.17. The maximum atomic E-state index is 12.3. The Balaban J connectivity index is 1.60. The van der Waals surface area contributed by atoms with Crippen LogP contribution in [0.2, 0.25) is 0 Å². The maximum Gasteiger partial charge on any atom is 0.251 e. The van der Waals surface area contributed by atoms with Crippen molar-refractivity contribution in [1.82, 2.24) is 20.8 Å². The van der Waals surface area contributed by atoms with Gasteiger partial charge in [-0.15, -0.1) is 0 Å². The van der Waals surface area contributed by atoms with Gasteiger partial charge in [0.05, 0.1) is 13.7 Å². The average Bonchev–Trinajstić information content (AvgIpc) is 3.08. The van der Waals surface area contributed by atoms with Crippen LogP contribution in [0.4, 0.5) is 0 Å². The van der Waals surface area contributed by atoms with Gasteiger partial charge < -0.3 is 19.9 Å². The van der Waals surface area contributed by atoms with Crippen molar-refractivity contribution in [3.05, 3.63) is 41.0 Å². The number of aryl methyl sites for hydroxylation is 1. The van der Waals surface area contributed by atoms with E-state index in [0.717, 1.165) is 12.0 Å². The maximum absolute atomic E-state index is 12.3. The lowest BCUT2D eigenvalue weighted by Gasteiger charge is -2.18. The van der Waals surface area contributed by atoms with Gasteiger partial charge in [0.25, 0.3) is 5.91 Å². The molecule has 1 aromatic heterocycles. The van der Waals surface area contributed by atoms with Crippen LogP contribution in [0.15, 0.2) is 22.7 Å². The molecule has 0 bridgehead atoms. The number of benzene rings is 1. The van der Waals surface area contributed by atoms with Crippen molar-refractivity contribution < 1.29 is 18.8 Å². The van der Waals surface area contributed by atoms with E-state index in [1.807, 2.05) is 6.92 Å². The molecule has 0 saturated carbocycles. The minimum Gasteiger partial charge on any atom is -0.497 e. The normalized spacial score (nSPS) is 17.0. The molecule has 1 aliphatic heterocycles. The molecule has 1 unspecified atom stereocenters. The van der Waals surface area contributed by atoms with Crippen molar-refractivity contribution in [1.29, 1.82) is 0 Å². The van der Waals surface area contributed by atoms with Crippen LogP contribution < -0.4 is 15.4 Å². The van der Waals surface area contributed by atoms with Gasteiger partial charge in [-0.25, -0.2) is 0 Å². The van der Waals surface area contributed by atoms with Gasteiger partial charge in [-0.2, -0.15) is 4.98 Å². The summed E-state index contributed by atoms with van der Waals surface area (Å²) in [5.74, 6) is 1.26. The molecule has 25 heavy (non-hydrogen) atoms. The molecule has 2 amide bonds. The molecule has 1 aliphatic rings. The number of nitrogens with one attached hydrogen (secondary N) is 2.